The van der Waals surface area contributed by atoms with Crippen molar-refractivity contribution in [3.8, 4) is 0 Å². The van der Waals surface area contributed by atoms with Gasteiger partial charge in [0.05, 0.1) is 27.7 Å². The minimum atomic E-state index is -4.64. The number of rotatable bonds is 41. The number of esters is 2. The Morgan fingerprint density at radius 3 is 1.46 bits per heavy atom. The molecule has 0 N–H and O–H groups in total. The fourth-order valence-electron chi connectivity index (χ4n) is 6.08. The van der Waals surface area contributed by atoms with Crippen LogP contribution in [0.1, 0.15) is 187 Å². The highest BCUT2D eigenvalue weighted by atomic mass is 31.2. The third-order valence-electron chi connectivity index (χ3n) is 9.63. The van der Waals surface area contributed by atoms with Gasteiger partial charge < -0.3 is 27.9 Å². The fourth-order valence-corrected chi connectivity index (χ4v) is 6.81. The van der Waals surface area contributed by atoms with Gasteiger partial charge in [0.25, 0.3) is 7.82 Å². The molecule has 0 aromatic carbocycles. The number of phosphoric acid groups is 1. The zero-order valence-electron chi connectivity index (χ0n) is 37.3. The van der Waals surface area contributed by atoms with Gasteiger partial charge in [-0.1, -0.05) is 184 Å². The molecule has 0 aliphatic rings. The first-order valence-electron chi connectivity index (χ1n) is 22.8. The van der Waals surface area contributed by atoms with E-state index in [1.54, 1.807) is 0 Å². The summed E-state index contributed by atoms with van der Waals surface area (Å²) in [6, 6.07) is 0. The van der Waals surface area contributed by atoms with E-state index in [2.05, 4.69) is 50.3 Å². The average molecular weight is 824 g/mol. The minimum Gasteiger partial charge on any atom is -0.756 e. The number of phosphoric ester groups is 1. The van der Waals surface area contributed by atoms with Gasteiger partial charge in [0.2, 0.25) is 0 Å². The Morgan fingerprint density at radius 1 is 0.561 bits per heavy atom. The number of unbranched alkanes of at least 4 members (excludes halogenated alkanes) is 19. The molecule has 10 heteroatoms. The van der Waals surface area contributed by atoms with E-state index in [0.29, 0.717) is 17.4 Å². The lowest BCUT2D eigenvalue weighted by Crippen LogP contribution is -2.37. The van der Waals surface area contributed by atoms with Crippen LogP contribution in [0.4, 0.5) is 0 Å². The van der Waals surface area contributed by atoms with Crippen molar-refractivity contribution in [1.82, 2.24) is 0 Å². The minimum absolute atomic E-state index is 0.0436. The molecular formula is C47H86NO8P. The molecular weight excluding hydrogens is 737 g/mol. The summed E-state index contributed by atoms with van der Waals surface area (Å²) < 4.78 is 33.8. The molecule has 2 atom stereocenters. The first-order valence-corrected chi connectivity index (χ1v) is 24.3. The molecule has 0 spiro atoms. The van der Waals surface area contributed by atoms with Gasteiger partial charge >= 0.3 is 11.9 Å². The summed E-state index contributed by atoms with van der Waals surface area (Å²) in [5.74, 6) is -0.925. The highest BCUT2D eigenvalue weighted by Crippen LogP contribution is 2.38. The van der Waals surface area contributed by atoms with Crippen molar-refractivity contribution in [2.24, 2.45) is 0 Å². The number of nitrogens with zero attached hydrogens (tertiary/aromatic N) is 1. The van der Waals surface area contributed by atoms with E-state index in [4.69, 9.17) is 18.5 Å². The summed E-state index contributed by atoms with van der Waals surface area (Å²) in [5, 5.41) is 0. The van der Waals surface area contributed by atoms with Crippen molar-refractivity contribution in [3.05, 3.63) is 48.6 Å². The summed E-state index contributed by atoms with van der Waals surface area (Å²) in [6.07, 6.45) is 46.0. The fraction of sp³-hybridized carbons (Fsp3) is 0.787. The van der Waals surface area contributed by atoms with Crippen LogP contribution in [0.25, 0.3) is 0 Å². The van der Waals surface area contributed by atoms with Crippen molar-refractivity contribution >= 4 is 19.8 Å². The van der Waals surface area contributed by atoms with Gasteiger partial charge in [0.15, 0.2) is 6.10 Å². The summed E-state index contributed by atoms with van der Waals surface area (Å²) in [6.45, 7) is 4.04. The van der Waals surface area contributed by atoms with Crippen LogP contribution >= 0.6 is 7.82 Å². The summed E-state index contributed by atoms with van der Waals surface area (Å²) in [5.41, 5.74) is 0. The van der Waals surface area contributed by atoms with Gasteiger partial charge in [0.1, 0.15) is 19.8 Å². The van der Waals surface area contributed by atoms with Crippen molar-refractivity contribution in [1.29, 1.82) is 0 Å². The average Bonchev–Trinajstić information content (AvgIpc) is 3.16. The summed E-state index contributed by atoms with van der Waals surface area (Å²) in [7, 11) is 1.12. The predicted molar refractivity (Wildman–Crippen MR) is 236 cm³/mol. The number of allylic oxidation sites excluding steroid dienone is 8. The number of ether oxygens (including phenoxy) is 2. The van der Waals surface area contributed by atoms with Crippen LogP contribution in [0.2, 0.25) is 0 Å². The Morgan fingerprint density at radius 2 is 1.00 bits per heavy atom. The van der Waals surface area contributed by atoms with Gasteiger partial charge in [-0.05, 0) is 38.5 Å². The van der Waals surface area contributed by atoms with Gasteiger partial charge in [-0.3, -0.25) is 14.2 Å². The van der Waals surface area contributed by atoms with E-state index >= 15 is 0 Å². The van der Waals surface area contributed by atoms with Crippen LogP contribution in [0.5, 0.6) is 0 Å². The molecule has 0 aliphatic heterocycles. The van der Waals surface area contributed by atoms with Crippen LogP contribution in [0.3, 0.4) is 0 Å². The largest absolute Gasteiger partial charge is 0.756 e. The standard InChI is InChI=1S/C47H86NO8P/c1-6-8-10-12-14-16-18-20-21-22-23-24-25-26-28-29-31-33-35-37-39-46(49)53-43-45(44-55-57(51,52)54-42-41-48(3,4)5)56-47(50)40-38-36-34-32-30-27-19-17-15-13-11-9-7-2/h9,11,15,17,27,30,34,36,45H,6-8,10,12-14,16,18-26,28-29,31-33,35,37-44H2,1-5H3/b11-9-,17-15-,30-27-,36-34-. The normalized spacial score (nSPS) is 14.0. The molecule has 0 radical (unpaired) electrons. The van der Waals surface area contributed by atoms with Crippen LogP contribution in [-0.4, -0.2) is 70.0 Å². The van der Waals surface area contributed by atoms with E-state index in [1.807, 2.05) is 33.3 Å². The van der Waals surface area contributed by atoms with Crippen molar-refractivity contribution in [2.75, 3.05) is 47.5 Å². The summed E-state index contributed by atoms with van der Waals surface area (Å²) >= 11 is 0. The van der Waals surface area contributed by atoms with Gasteiger partial charge in [-0.2, -0.15) is 0 Å². The maximum absolute atomic E-state index is 12.6. The molecule has 0 aromatic rings. The topological polar surface area (TPSA) is 111 Å². The molecule has 0 aromatic heterocycles. The number of quaternary nitrogens is 1. The van der Waals surface area contributed by atoms with Crippen LogP contribution in [0, 0.1) is 0 Å². The monoisotopic (exact) mass is 824 g/mol. The van der Waals surface area contributed by atoms with E-state index in [1.165, 1.54) is 109 Å². The van der Waals surface area contributed by atoms with E-state index in [0.717, 1.165) is 44.9 Å². The van der Waals surface area contributed by atoms with Crippen LogP contribution in [0.15, 0.2) is 48.6 Å². The first kappa shape index (κ1) is 55.0. The predicted octanol–water partition coefficient (Wildman–Crippen LogP) is 12.4. The Kier molecular flexibility index (Phi) is 38.0. The zero-order chi connectivity index (χ0) is 42.1. The SMILES string of the molecule is CC/C=C\C/C=C\C/C=C\C/C=C\CCC(=O)OC(COC(=O)CCCCCCCCCCCCCCCCCCCCCC)COP(=O)([O-])OCC[N+](C)(C)C. The number of hydrogen-bond acceptors (Lipinski definition) is 8. The Labute approximate surface area is 350 Å². The molecule has 0 fully saturated rings. The maximum Gasteiger partial charge on any atom is 0.306 e. The second-order valence-corrected chi connectivity index (χ2v) is 17.8. The molecule has 0 rings (SSSR count). The first-order chi connectivity index (χ1) is 27.5. The smallest absolute Gasteiger partial charge is 0.306 e. The molecule has 332 valence electrons. The highest BCUT2D eigenvalue weighted by molar-refractivity contribution is 7.45. The summed E-state index contributed by atoms with van der Waals surface area (Å²) in [4.78, 5) is 37.5. The van der Waals surface area contributed by atoms with Crippen LogP contribution < -0.4 is 4.89 Å². The second-order valence-electron chi connectivity index (χ2n) is 16.4. The van der Waals surface area contributed by atoms with Gasteiger partial charge in [-0.15, -0.1) is 0 Å². The Hall–Kier alpha value is -2.03. The lowest BCUT2D eigenvalue weighted by atomic mass is 10.0. The van der Waals surface area contributed by atoms with Crippen molar-refractivity contribution < 1.29 is 42.1 Å². The molecule has 0 saturated carbocycles. The Balaban J connectivity index is 4.32. The van der Waals surface area contributed by atoms with E-state index in [-0.39, 0.29) is 26.1 Å². The molecule has 9 nitrogen and oxygen atoms in total. The molecule has 0 aliphatic carbocycles. The molecule has 0 heterocycles. The van der Waals surface area contributed by atoms with Crippen LogP contribution in [-0.2, 0) is 32.7 Å². The number of hydrogen-bond donors (Lipinski definition) is 0. The lowest BCUT2D eigenvalue weighted by molar-refractivity contribution is -0.870. The number of likely N-dealkylation sites (N-methyl/N-ethyl adjacent to an activating group) is 1. The highest BCUT2D eigenvalue weighted by Gasteiger charge is 2.21. The number of carbonyl (C=O) groups is 2. The Bertz CT molecular complexity index is 1110. The quantitative estimate of drug-likeness (QED) is 0.0197. The molecule has 2 unspecified atom stereocenters. The lowest BCUT2D eigenvalue weighted by Gasteiger charge is -2.28. The van der Waals surface area contributed by atoms with Crippen molar-refractivity contribution in [2.45, 2.75) is 193 Å². The van der Waals surface area contributed by atoms with E-state index < -0.39 is 32.5 Å². The molecule has 0 amide bonds. The maximum atomic E-state index is 12.6. The van der Waals surface area contributed by atoms with Gasteiger partial charge in [0, 0.05) is 12.8 Å². The molecule has 0 bridgehead atoms. The third-order valence-corrected chi connectivity index (χ3v) is 10.6. The second kappa shape index (κ2) is 39.4. The van der Waals surface area contributed by atoms with E-state index in [9.17, 15) is 19.0 Å². The third kappa shape index (κ3) is 43.4. The van der Waals surface area contributed by atoms with Gasteiger partial charge in [-0.25, -0.2) is 0 Å². The number of carbonyl (C=O) groups excluding carboxylic acids is 2. The molecule has 0 saturated heterocycles. The van der Waals surface area contributed by atoms with Crippen molar-refractivity contribution in [3.63, 3.8) is 0 Å². The molecule has 57 heavy (non-hydrogen) atoms. The zero-order valence-corrected chi connectivity index (χ0v) is 38.2.